The van der Waals surface area contributed by atoms with Gasteiger partial charge in [0.1, 0.15) is 11.4 Å². The van der Waals surface area contributed by atoms with Gasteiger partial charge in [-0.1, -0.05) is 23.2 Å². The largest absolute Gasteiger partial charge is 0.276 e. The normalized spacial score (nSPS) is 12.0. The van der Waals surface area contributed by atoms with Gasteiger partial charge in [0.2, 0.25) is 0 Å². The fourth-order valence-corrected chi connectivity index (χ4v) is 4.19. The average molecular weight is 398 g/mol. The highest BCUT2D eigenvalue weighted by atomic mass is 35.5. The van der Waals surface area contributed by atoms with E-state index in [0.717, 1.165) is 4.68 Å². The van der Waals surface area contributed by atoms with Gasteiger partial charge in [0.15, 0.2) is 0 Å². The maximum atomic E-state index is 12.6. The number of nitrogens with one attached hydrogen (secondary N) is 1. The maximum absolute atomic E-state index is 12.6. The van der Waals surface area contributed by atoms with Crippen molar-refractivity contribution in [1.82, 2.24) is 9.78 Å². The molecule has 0 amide bonds. The zero-order valence-corrected chi connectivity index (χ0v) is 15.4. The molecular weight excluding hydrogens is 383 g/mol. The van der Waals surface area contributed by atoms with Gasteiger partial charge in [0.25, 0.3) is 16.4 Å². The summed E-state index contributed by atoms with van der Waals surface area (Å²) in [5, 5.41) is 4.25. The van der Waals surface area contributed by atoms with Crippen molar-refractivity contribution in [1.29, 1.82) is 0 Å². The first-order chi connectivity index (χ1) is 11.0. The van der Waals surface area contributed by atoms with Gasteiger partial charge in [-0.15, -0.1) is 0 Å². The lowest BCUT2D eigenvalue weighted by Crippen LogP contribution is -2.15. The van der Waals surface area contributed by atoms with Gasteiger partial charge in [-0.3, -0.25) is 9.40 Å². The summed E-state index contributed by atoms with van der Waals surface area (Å²) in [6.07, 6.45) is -2.60. The SMILES string of the molecule is Cc1cc(S(=O)(=O)Nc2c(C)nn(CC(F)F)c2C)c(Cl)cc1Cl. The van der Waals surface area contributed by atoms with Gasteiger partial charge in [-0.25, -0.2) is 17.2 Å². The number of aryl methyl sites for hydroxylation is 2. The van der Waals surface area contributed by atoms with Crippen LogP contribution in [0.4, 0.5) is 14.5 Å². The Kier molecular flexibility index (Phi) is 5.41. The molecule has 2 aromatic rings. The van der Waals surface area contributed by atoms with E-state index in [9.17, 15) is 17.2 Å². The zero-order valence-electron chi connectivity index (χ0n) is 13.1. The van der Waals surface area contributed by atoms with Crippen LogP contribution in [-0.4, -0.2) is 24.6 Å². The second kappa shape index (κ2) is 6.85. The molecule has 0 bridgehead atoms. The number of alkyl halides is 2. The first-order valence-electron chi connectivity index (χ1n) is 6.83. The molecule has 132 valence electrons. The molecule has 0 spiro atoms. The number of anilines is 1. The Hall–Kier alpha value is -1.38. The molecule has 1 heterocycles. The lowest BCUT2D eigenvalue weighted by atomic mass is 10.2. The summed E-state index contributed by atoms with van der Waals surface area (Å²) in [6, 6.07) is 2.69. The van der Waals surface area contributed by atoms with Crippen LogP contribution in [0.25, 0.3) is 0 Å². The Labute approximate surface area is 148 Å². The summed E-state index contributed by atoms with van der Waals surface area (Å²) < 4.78 is 53.7. The van der Waals surface area contributed by atoms with Crippen molar-refractivity contribution in [2.75, 3.05) is 4.72 Å². The molecule has 2 rings (SSSR count). The van der Waals surface area contributed by atoms with Gasteiger partial charge in [-0.2, -0.15) is 5.10 Å². The van der Waals surface area contributed by atoms with Crippen molar-refractivity contribution < 1.29 is 17.2 Å². The van der Waals surface area contributed by atoms with Crippen molar-refractivity contribution in [2.24, 2.45) is 0 Å². The van der Waals surface area contributed by atoms with Crippen LogP contribution in [0.3, 0.4) is 0 Å². The average Bonchev–Trinajstić information content (AvgIpc) is 2.69. The van der Waals surface area contributed by atoms with Crippen LogP contribution < -0.4 is 4.72 Å². The third-order valence-electron chi connectivity index (χ3n) is 3.43. The Morgan fingerprint density at radius 2 is 1.83 bits per heavy atom. The minimum absolute atomic E-state index is 0.0339. The lowest BCUT2D eigenvalue weighted by Gasteiger charge is -2.11. The molecule has 5 nitrogen and oxygen atoms in total. The molecule has 1 aromatic heterocycles. The molecule has 0 radical (unpaired) electrons. The molecule has 0 unspecified atom stereocenters. The number of hydrogen-bond donors (Lipinski definition) is 1. The number of rotatable bonds is 5. The number of hydrogen-bond acceptors (Lipinski definition) is 3. The van der Waals surface area contributed by atoms with Crippen LogP contribution in [0.5, 0.6) is 0 Å². The quantitative estimate of drug-likeness (QED) is 0.822. The summed E-state index contributed by atoms with van der Waals surface area (Å²) in [6.45, 7) is 4.07. The Morgan fingerprint density at radius 1 is 1.21 bits per heavy atom. The number of sulfonamides is 1. The van der Waals surface area contributed by atoms with Gasteiger partial charge < -0.3 is 0 Å². The molecule has 0 saturated heterocycles. The smallest absolute Gasteiger partial charge is 0.263 e. The molecule has 0 aliphatic carbocycles. The van der Waals surface area contributed by atoms with Crippen LogP contribution in [-0.2, 0) is 16.6 Å². The van der Waals surface area contributed by atoms with Crippen LogP contribution in [0.1, 0.15) is 17.0 Å². The van der Waals surface area contributed by atoms with Crippen molar-refractivity contribution in [3.63, 3.8) is 0 Å². The number of halogens is 4. The first kappa shape index (κ1) is 19.0. The van der Waals surface area contributed by atoms with Crippen molar-refractivity contribution >= 4 is 38.9 Å². The number of nitrogens with zero attached hydrogens (tertiary/aromatic N) is 2. The molecule has 0 fully saturated rings. The van der Waals surface area contributed by atoms with E-state index in [-0.39, 0.29) is 21.3 Å². The van der Waals surface area contributed by atoms with Crippen LogP contribution >= 0.6 is 23.2 Å². The van der Waals surface area contributed by atoms with E-state index in [1.54, 1.807) is 6.92 Å². The van der Waals surface area contributed by atoms with E-state index in [2.05, 4.69) is 9.82 Å². The third kappa shape index (κ3) is 3.81. The van der Waals surface area contributed by atoms with Crippen LogP contribution in [0, 0.1) is 20.8 Å². The van der Waals surface area contributed by atoms with E-state index < -0.39 is 23.0 Å². The van der Waals surface area contributed by atoms with E-state index in [4.69, 9.17) is 23.2 Å². The fraction of sp³-hybridized carbons (Fsp3) is 0.357. The monoisotopic (exact) mass is 397 g/mol. The fourth-order valence-electron chi connectivity index (χ4n) is 2.18. The summed E-state index contributed by atoms with van der Waals surface area (Å²) >= 11 is 11.9. The predicted molar refractivity (Wildman–Crippen MR) is 89.7 cm³/mol. The molecular formula is C14H15Cl2F2N3O2S. The zero-order chi connectivity index (χ0) is 18.2. The summed E-state index contributed by atoms with van der Waals surface area (Å²) in [7, 11) is -4.02. The van der Waals surface area contributed by atoms with Gasteiger partial charge in [-0.05, 0) is 38.5 Å². The van der Waals surface area contributed by atoms with Crippen molar-refractivity contribution in [3.05, 3.63) is 39.1 Å². The van der Waals surface area contributed by atoms with Gasteiger partial charge >= 0.3 is 0 Å². The van der Waals surface area contributed by atoms with Crippen LogP contribution in [0.15, 0.2) is 17.0 Å². The number of benzene rings is 1. The minimum Gasteiger partial charge on any atom is -0.276 e. The van der Waals surface area contributed by atoms with Crippen LogP contribution in [0.2, 0.25) is 10.0 Å². The Bertz CT molecular complexity index is 883. The first-order valence-corrected chi connectivity index (χ1v) is 9.07. The van der Waals surface area contributed by atoms with E-state index in [0.29, 0.717) is 16.3 Å². The van der Waals surface area contributed by atoms with Gasteiger partial charge in [0.05, 0.1) is 22.1 Å². The molecule has 0 saturated carbocycles. The minimum atomic E-state index is -4.02. The molecule has 10 heteroatoms. The summed E-state index contributed by atoms with van der Waals surface area (Å²) in [4.78, 5) is -0.147. The molecule has 24 heavy (non-hydrogen) atoms. The van der Waals surface area contributed by atoms with E-state index in [1.807, 2.05) is 0 Å². The molecule has 0 atom stereocenters. The van der Waals surface area contributed by atoms with E-state index >= 15 is 0 Å². The van der Waals surface area contributed by atoms with E-state index in [1.165, 1.54) is 26.0 Å². The second-order valence-corrected chi connectivity index (χ2v) is 7.72. The molecule has 1 aromatic carbocycles. The molecule has 0 aliphatic rings. The standard InChI is InChI=1S/C14H15Cl2F2N3O2S/c1-7-4-12(11(16)5-10(7)15)24(22,23)20-14-8(2)19-21(9(14)3)6-13(17)18/h4-5,13,20H,6H2,1-3H3. The predicted octanol–water partition coefficient (Wildman–Crippen LogP) is 4.18. The highest BCUT2D eigenvalue weighted by Gasteiger charge is 2.23. The summed E-state index contributed by atoms with van der Waals surface area (Å²) in [5.41, 5.74) is 1.28. The Morgan fingerprint density at radius 3 is 2.42 bits per heavy atom. The lowest BCUT2D eigenvalue weighted by molar-refractivity contribution is 0.121. The summed E-state index contributed by atoms with van der Waals surface area (Å²) in [5.74, 6) is 0. The van der Waals surface area contributed by atoms with Crippen molar-refractivity contribution in [2.45, 2.75) is 38.6 Å². The van der Waals surface area contributed by atoms with Gasteiger partial charge in [0, 0.05) is 5.02 Å². The molecule has 0 aliphatic heterocycles. The Balaban J connectivity index is 2.44. The third-order valence-corrected chi connectivity index (χ3v) is 5.65. The topological polar surface area (TPSA) is 64.0 Å². The van der Waals surface area contributed by atoms with Crippen molar-refractivity contribution in [3.8, 4) is 0 Å². The highest BCUT2D eigenvalue weighted by Crippen LogP contribution is 2.31. The second-order valence-electron chi connectivity index (χ2n) is 5.26. The molecule has 1 N–H and O–H groups in total. The number of aromatic nitrogens is 2. The maximum Gasteiger partial charge on any atom is 0.263 e. The highest BCUT2D eigenvalue weighted by molar-refractivity contribution is 7.92.